The second-order valence-electron chi connectivity index (χ2n) is 5.89. The first-order valence-corrected chi connectivity index (χ1v) is 9.54. The van der Waals surface area contributed by atoms with Gasteiger partial charge in [0, 0.05) is 26.2 Å². The monoisotopic (exact) mass is 489 g/mol. The highest BCUT2D eigenvalue weighted by atomic mass is 127. The molecule has 134 valence electrons. The fraction of sp³-hybridized carbons (Fsp3) is 0. The number of urea groups is 1. The molecule has 1 aromatic heterocycles. The first-order valence-electron chi connectivity index (χ1n) is 8.09. The van der Waals surface area contributed by atoms with Crippen LogP contribution in [0.2, 0.25) is 5.02 Å². The van der Waals surface area contributed by atoms with Gasteiger partial charge in [-0.05, 0) is 83.3 Å². The fourth-order valence-electron chi connectivity index (χ4n) is 2.88. The Kier molecular flexibility index (Phi) is 4.75. The number of carbonyl (C=O) groups excluding carboxylic acids is 2. The third-order valence-electron chi connectivity index (χ3n) is 4.12. The van der Waals surface area contributed by atoms with Crippen LogP contribution in [0.25, 0.3) is 11.8 Å². The number of imide groups is 1. The molecule has 5 nitrogen and oxygen atoms in total. The van der Waals surface area contributed by atoms with Crippen molar-refractivity contribution in [3.63, 3.8) is 0 Å². The van der Waals surface area contributed by atoms with Crippen LogP contribution in [0.5, 0.6) is 0 Å². The van der Waals surface area contributed by atoms with Crippen LogP contribution in [0.1, 0.15) is 5.69 Å². The molecule has 3 amide bonds. The molecule has 0 spiro atoms. The molecule has 0 radical (unpaired) electrons. The van der Waals surface area contributed by atoms with E-state index in [1.807, 2.05) is 47.2 Å². The van der Waals surface area contributed by atoms with Crippen molar-refractivity contribution in [2.75, 3.05) is 4.90 Å². The van der Waals surface area contributed by atoms with E-state index in [0.29, 0.717) is 10.7 Å². The van der Waals surface area contributed by atoms with Crippen molar-refractivity contribution in [1.82, 2.24) is 9.88 Å². The lowest BCUT2D eigenvalue weighted by Gasteiger charge is -2.11. The first kappa shape index (κ1) is 17.8. The zero-order chi connectivity index (χ0) is 19.0. The van der Waals surface area contributed by atoms with Crippen LogP contribution in [0.15, 0.2) is 72.6 Å². The van der Waals surface area contributed by atoms with Crippen LogP contribution in [-0.4, -0.2) is 16.5 Å². The van der Waals surface area contributed by atoms with Gasteiger partial charge in [0.25, 0.3) is 5.91 Å². The molecule has 1 aliphatic rings. The molecule has 0 aliphatic carbocycles. The number of hydrogen-bond donors (Lipinski definition) is 1. The van der Waals surface area contributed by atoms with Crippen molar-refractivity contribution in [2.45, 2.75) is 0 Å². The highest BCUT2D eigenvalue weighted by Crippen LogP contribution is 2.25. The minimum Gasteiger partial charge on any atom is -0.317 e. The number of rotatable bonds is 3. The van der Waals surface area contributed by atoms with Crippen LogP contribution >= 0.6 is 34.2 Å². The van der Waals surface area contributed by atoms with Gasteiger partial charge >= 0.3 is 6.03 Å². The van der Waals surface area contributed by atoms with E-state index in [9.17, 15) is 9.59 Å². The number of halogens is 2. The summed E-state index contributed by atoms with van der Waals surface area (Å²) < 4.78 is 3.09. The van der Waals surface area contributed by atoms with E-state index < -0.39 is 11.9 Å². The maximum absolute atomic E-state index is 12.8. The van der Waals surface area contributed by atoms with Gasteiger partial charge in [-0.2, -0.15) is 0 Å². The van der Waals surface area contributed by atoms with Gasteiger partial charge in [-0.25, -0.2) is 9.69 Å². The Morgan fingerprint density at radius 1 is 0.963 bits per heavy atom. The topological polar surface area (TPSA) is 54.3 Å². The molecule has 1 N–H and O–H groups in total. The van der Waals surface area contributed by atoms with E-state index in [1.165, 1.54) is 0 Å². The predicted molar refractivity (Wildman–Crippen MR) is 114 cm³/mol. The summed E-state index contributed by atoms with van der Waals surface area (Å²) in [6.45, 7) is 0. The van der Waals surface area contributed by atoms with Crippen molar-refractivity contribution in [3.8, 4) is 5.69 Å². The molecule has 0 unspecified atom stereocenters. The molecule has 2 heterocycles. The molecule has 3 aromatic rings. The SMILES string of the molecule is O=C1N/C(=C/c2cccn2-c2ccc(I)cc2)C(=O)N1c1cccc(Cl)c1. The van der Waals surface area contributed by atoms with Gasteiger partial charge in [0.15, 0.2) is 0 Å². The standard InChI is InChI=1S/C20H13ClIN3O2/c21-13-3-1-4-17(11-13)25-19(26)18(23-20(25)27)12-16-5-2-10-24(16)15-8-6-14(22)7-9-15/h1-12H,(H,23,27)/b18-12+. The Balaban J connectivity index is 1.68. The highest BCUT2D eigenvalue weighted by Gasteiger charge is 2.35. The second kappa shape index (κ2) is 7.21. The Morgan fingerprint density at radius 2 is 1.74 bits per heavy atom. The van der Waals surface area contributed by atoms with E-state index in [0.717, 1.165) is 19.9 Å². The summed E-state index contributed by atoms with van der Waals surface area (Å²) in [5.74, 6) is -0.419. The lowest BCUT2D eigenvalue weighted by Crippen LogP contribution is -2.30. The number of nitrogens with zero attached hydrogens (tertiary/aromatic N) is 2. The van der Waals surface area contributed by atoms with E-state index in [-0.39, 0.29) is 5.70 Å². The molecular formula is C20H13ClIN3O2. The van der Waals surface area contributed by atoms with Crippen molar-refractivity contribution in [3.05, 3.63) is 86.8 Å². The number of hydrogen-bond acceptors (Lipinski definition) is 2. The number of anilines is 1. The molecule has 0 atom stereocenters. The lowest BCUT2D eigenvalue weighted by molar-refractivity contribution is -0.113. The smallest absolute Gasteiger partial charge is 0.317 e. The quantitative estimate of drug-likeness (QED) is 0.325. The number of aromatic nitrogens is 1. The zero-order valence-corrected chi connectivity index (χ0v) is 16.8. The van der Waals surface area contributed by atoms with Crippen molar-refractivity contribution in [1.29, 1.82) is 0 Å². The molecule has 2 aromatic carbocycles. The van der Waals surface area contributed by atoms with Gasteiger partial charge in [-0.15, -0.1) is 0 Å². The summed E-state index contributed by atoms with van der Waals surface area (Å²) in [5.41, 5.74) is 2.40. The zero-order valence-electron chi connectivity index (χ0n) is 13.9. The Labute approximate surface area is 174 Å². The maximum Gasteiger partial charge on any atom is 0.333 e. The lowest BCUT2D eigenvalue weighted by atomic mass is 10.2. The molecule has 0 bridgehead atoms. The van der Waals surface area contributed by atoms with Crippen LogP contribution in [0.3, 0.4) is 0 Å². The highest BCUT2D eigenvalue weighted by molar-refractivity contribution is 14.1. The van der Waals surface area contributed by atoms with Gasteiger partial charge < -0.3 is 9.88 Å². The average Bonchev–Trinajstić information content (AvgIpc) is 3.20. The third-order valence-corrected chi connectivity index (χ3v) is 5.08. The molecular weight excluding hydrogens is 477 g/mol. The van der Waals surface area contributed by atoms with Gasteiger partial charge in [-0.3, -0.25) is 4.79 Å². The largest absolute Gasteiger partial charge is 0.333 e. The van der Waals surface area contributed by atoms with Crippen LogP contribution < -0.4 is 10.2 Å². The third kappa shape index (κ3) is 3.50. The predicted octanol–water partition coefficient (Wildman–Crippen LogP) is 4.83. The minimum atomic E-state index is -0.499. The molecule has 1 fully saturated rings. The molecule has 4 rings (SSSR count). The molecule has 1 saturated heterocycles. The number of amides is 3. The first-order chi connectivity index (χ1) is 13.0. The Morgan fingerprint density at radius 3 is 2.48 bits per heavy atom. The minimum absolute atomic E-state index is 0.213. The molecule has 7 heteroatoms. The van der Waals surface area contributed by atoms with Gasteiger partial charge in [0.2, 0.25) is 0 Å². The molecule has 27 heavy (non-hydrogen) atoms. The summed E-state index contributed by atoms with van der Waals surface area (Å²) in [7, 11) is 0. The van der Waals surface area contributed by atoms with Crippen molar-refractivity contribution in [2.24, 2.45) is 0 Å². The van der Waals surface area contributed by atoms with Crippen LogP contribution in [-0.2, 0) is 4.79 Å². The van der Waals surface area contributed by atoms with Crippen LogP contribution in [0.4, 0.5) is 10.5 Å². The van der Waals surface area contributed by atoms with Crippen molar-refractivity contribution >= 4 is 57.9 Å². The maximum atomic E-state index is 12.8. The molecule has 1 aliphatic heterocycles. The normalized spacial score (nSPS) is 15.5. The summed E-state index contributed by atoms with van der Waals surface area (Å²) in [4.78, 5) is 26.2. The average molecular weight is 490 g/mol. The van der Waals surface area contributed by atoms with E-state index in [1.54, 1.807) is 30.3 Å². The van der Waals surface area contributed by atoms with E-state index >= 15 is 0 Å². The number of nitrogens with one attached hydrogen (secondary N) is 1. The van der Waals surface area contributed by atoms with Crippen LogP contribution in [0, 0.1) is 3.57 Å². The Hall–Kier alpha value is -2.58. The Bertz CT molecular complexity index is 1070. The number of carbonyl (C=O) groups is 2. The summed E-state index contributed by atoms with van der Waals surface area (Å²) in [6, 6.07) is 17.9. The summed E-state index contributed by atoms with van der Waals surface area (Å²) in [5, 5.41) is 3.10. The second-order valence-corrected chi connectivity index (χ2v) is 7.57. The van der Waals surface area contributed by atoms with Gasteiger partial charge in [-0.1, -0.05) is 17.7 Å². The molecule has 0 saturated carbocycles. The van der Waals surface area contributed by atoms with E-state index in [2.05, 4.69) is 27.9 Å². The van der Waals surface area contributed by atoms with E-state index in [4.69, 9.17) is 11.6 Å². The fourth-order valence-corrected chi connectivity index (χ4v) is 3.43. The summed E-state index contributed by atoms with van der Waals surface area (Å²) >= 11 is 8.23. The number of benzene rings is 2. The van der Waals surface area contributed by atoms with Gasteiger partial charge in [0.1, 0.15) is 5.70 Å². The van der Waals surface area contributed by atoms with Gasteiger partial charge in [0.05, 0.1) is 5.69 Å². The van der Waals surface area contributed by atoms with Crippen molar-refractivity contribution < 1.29 is 9.59 Å². The summed E-state index contributed by atoms with van der Waals surface area (Å²) in [6.07, 6.45) is 3.58.